The Balaban J connectivity index is 1.69. The van der Waals surface area contributed by atoms with Crippen molar-refractivity contribution in [1.29, 1.82) is 0 Å². The topological polar surface area (TPSA) is 108 Å². The van der Waals surface area contributed by atoms with Crippen LogP contribution < -0.4 is 14.8 Å². The molecule has 1 unspecified atom stereocenters. The fourth-order valence-electron chi connectivity index (χ4n) is 3.00. The van der Waals surface area contributed by atoms with Gasteiger partial charge in [0.1, 0.15) is 24.3 Å². The maximum Gasteiger partial charge on any atom is 0.334 e. The molecule has 9 heteroatoms. The van der Waals surface area contributed by atoms with E-state index in [2.05, 4.69) is 5.32 Å². The smallest absolute Gasteiger partial charge is 0.334 e. The normalized spacial score (nSPS) is 14.8. The molecule has 0 saturated carbocycles. The first-order valence-electron chi connectivity index (χ1n) is 9.87. The highest BCUT2D eigenvalue weighted by atomic mass is 35.5. The molecule has 1 aliphatic heterocycles. The molecule has 0 aliphatic carbocycles. The summed E-state index contributed by atoms with van der Waals surface area (Å²) >= 11 is 6.18. The number of rotatable bonds is 8. The van der Waals surface area contributed by atoms with Crippen LogP contribution in [-0.2, 0) is 30.5 Å². The summed E-state index contributed by atoms with van der Waals surface area (Å²) in [4.78, 5) is 47.9. The van der Waals surface area contributed by atoms with Crippen LogP contribution in [0.3, 0.4) is 0 Å². The minimum atomic E-state index is -1.24. The van der Waals surface area contributed by atoms with Crippen molar-refractivity contribution in [3.8, 4) is 11.5 Å². The molecule has 2 aromatic rings. The van der Waals surface area contributed by atoms with E-state index in [0.717, 1.165) is 5.56 Å². The predicted molar refractivity (Wildman–Crippen MR) is 115 cm³/mol. The lowest BCUT2D eigenvalue weighted by atomic mass is 9.96. The zero-order valence-electron chi connectivity index (χ0n) is 17.2. The van der Waals surface area contributed by atoms with Gasteiger partial charge < -0.3 is 14.2 Å². The van der Waals surface area contributed by atoms with E-state index in [1.54, 1.807) is 18.1 Å². The molecule has 1 atom stereocenters. The van der Waals surface area contributed by atoms with E-state index in [9.17, 15) is 19.2 Å². The van der Waals surface area contributed by atoms with Crippen molar-refractivity contribution < 1.29 is 33.4 Å². The minimum Gasteiger partial charge on any atom is -0.460 e. The zero-order valence-corrected chi connectivity index (χ0v) is 17.9. The van der Waals surface area contributed by atoms with Crippen LogP contribution in [0.4, 0.5) is 0 Å². The maximum atomic E-state index is 12.5. The molecule has 1 N–H and O–H groups in total. The van der Waals surface area contributed by atoms with Crippen LogP contribution >= 0.6 is 11.6 Å². The average molecular weight is 458 g/mol. The molecular weight excluding hydrogens is 438 g/mol. The first-order valence-corrected chi connectivity index (χ1v) is 10.2. The van der Waals surface area contributed by atoms with Crippen LogP contribution in [0.2, 0.25) is 5.02 Å². The van der Waals surface area contributed by atoms with Gasteiger partial charge in [0.05, 0.1) is 17.1 Å². The predicted octanol–water partition coefficient (Wildman–Crippen LogP) is 2.88. The number of ether oxygens (including phenoxy) is 3. The van der Waals surface area contributed by atoms with Crippen LogP contribution in [0.15, 0.2) is 42.5 Å². The van der Waals surface area contributed by atoms with Gasteiger partial charge in [0.25, 0.3) is 0 Å². The Morgan fingerprint density at radius 3 is 2.62 bits per heavy atom. The number of nitrogens with one attached hydrogen (secondary N) is 1. The van der Waals surface area contributed by atoms with Gasteiger partial charge >= 0.3 is 17.9 Å². The SMILES string of the molecule is CCCC(=O)Oc1cc2c(cc1Cl)C(=C=O)C(NCC(=O)OCc1ccccc1)C(=O)O2. The largest absolute Gasteiger partial charge is 0.460 e. The summed E-state index contributed by atoms with van der Waals surface area (Å²) in [6.07, 6.45) is 0.786. The third-order valence-corrected chi connectivity index (χ3v) is 4.84. The lowest BCUT2D eigenvalue weighted by Gasteiger charge is -2.25. The van der Waals surface area contributed by atoms with Crippen molar-refractivity contribution in [2.75, 3.05) is 6.54 Å². The standard InChI is InChI=1S/C23H20ClNO7/c1-2-6-20(27)31-19-10-18-15(9-17(19)24)16(12-26)22(23(29)32-18)25-11-21(28)30-13-14-7-4-3-5-8-14/h3-5,7-10,22,25H,2,6,11,13H2,1H3. The van der Waals surface area contributed by atoms with Crippen molar-refractivity contribution in [2.45, 2.75) is 32.4 Å². The second-order valence-electron chi connectivity index (χ2n) is 6.90. The molecule has 2 aromatic carbocycles. The van der Waals surface area contributed by atoms with E-state index in [1.165, 1.54) is 12.1 Å². The fourth-order valence-corrected chi connectivity index (χ4v) is 3.20. The van der Waals surface area contributed by atoms with Gasteiger partial charge in [-0.05, 0) is 18.1 Å². The second kappa shape index (κ2) is 10.7. The summed E-state index contributed by atoms with van der Waals surface area (Å²) in [5.74, 6) is -0.198. The molecule has 0 bridgehead atoms. The minimum absolute atomic E-state index is 0.00162. The number of hydrogen-bond donors (Lipinski definition) is 1. The highest BCUT2D eigenvalue weighted by Gasteiger charge is 2.35. The van der Waals surface area contributed by atoms with Gasteiger partial charge in [-0.1, -0.05) is 48.9 Å². The van der Waals surface area contributed by atoms with Crippen LogP contribution in [-0.4, -0.2) is 36.4 Å². The molecule has 0 aromatic heterocycles. The van der Waals surface area contributed by atoms with Gasteiger partial charge in [-0.2, -0.15) is 0 Å². The Hall–Kier alpha value is -3.45. The molecule has 1 heterocycles. The Morgan fingerprint density at radius 1 is 1.19 bits per heavy atom. The maximum absolute atomic E-state index is 12.5. The molecule has 0 amide bonds. The summed E-state index contributed by atoms with van der Waals surface area (Å²) in [7, 11) is 0. The van der Waals surface area contributed by atoms with Gasteiger partial charge in [-0.25, -0.2) is 9.59 Å². The highest BCUT2D eigenvalue weighted by Crippen LogP contribution is 2.39. The average Bonchev–Trinajstić information content (AvgIpc) is 2.78. The molecule has 0 spiro atoms. The monoisotopic (exact) mass is 457 g/mol. The fraction of sp³-hybridized carbons (Fsp3) is 0.261. The van der Waals surface area contributed by atoms with E-state index < -0.39 is 23.9 Å². The van der Waals surface area contributed by atoms with Gasteiger partial charge in [-0.15, -0.1) is 0 Å². The Labute approximate surface area is 189 Å². The Bertz CT molecular complexity index is 1080. The number of hydrogen-bond acceptors (Lipinski definition) is 8. The van der Waals surface area contributed by atoms with Crippen molar-refractivity contribution in [3.05, 3.63) is 58.6 Å². The lowest BCUT2D eigenvalue weighted by molar-refractivity contribution is -0.144. The number of fused-ring (bicyclic) bond motifs is 1. The number of benzene rings is 2. The van der Waals surface area contributed by atoms with Crippen molar-refractivity contribution in [3.63, 3.8) is 0 Å². The molecule has 0 fully saturated rings. The summed E-state index contributed by atoms with van der Waals surface area (Å²) in [6.45, 7) is 1.56. The van der Waals surface area contributed by atoms with Crippen molar-refractivity contribution >= 4 is 41.0 Å². The third-order valence-electron chi connectivity index (χ3n) is 4.54. The molecule has 1 aliphatic rings. The van der Waals surface area contributed by atoms with Crippen LogP contribution in [0.5, 0.6) is 11.5 Å². The Morgan fingerprint density at radius 2 is 1.94 bits per heavy atom. The molecule has 0 saturated heterocycles. The number of esters is 3. The molecule has 3 rings (SSSR count). The summed E-state index contributed by atoms with van der Waals surface area (Å²) in [5, 5.41) is 2.71. The second-order valence-corrected chi connectivity index (χ2v) is 7.31. The van der Waals surface area contributed by atoms with Crippen LogP contribution in [0.25, 0.3) is 5.57 Å². The van der Waals surface area contributed by atoms with E-state index in [0.29, 0.717) is 6.42 Å². The van der Waals surface area contributed by atoms with Gasteiger partial charge in [0, 0.05) is 18.1 Å². The van der Waals surface area contributed by atoms with Crippen molar-refractivity contribution in [1.82, 2.24) is 5.32 Å². The molecular formula is C23H20ClNO7. The summed E-state index contributed by atoms with van der Waals surface area (Å²) in [6, 6.07) is 10.5. The Kier molecular flexibility index (Phi) is 7.78. The summed E-state index contributed by atoms with van der Waals surface area (Å²) in [5.41, 5.74) is 0.931. The molecule has 8 nitrogen and oxygen atoms in total. The van der Waals surface area contributed by atoms with Gasteiger partial charge in [0.2, 0.25) is 0 Å². The lowest BCUT2D eigenvalue weighted by Crippen LogP contribution is -2.45. The summed E-state index contributed by atoms with van der Waals surface area (Å²) < 4.78 is 15.6. The van der Waals surface area contributed by atoms with E-state index in [1.807, 2.05) is 25.1 Å². The van der Waals surface area contributed by atoms with Gasteiger partial charge in [-0.3, -0.25) is 14.9 Å². The molecule has 0 radical (unpaired) electrons. The number of carbonyl (C=O) groups is 3. The van der Waals surface area contributed by atoms with E-state index >= 15 is 0 Å². The van der Waals surface area contributed by atoms with Crippen LogP contribution in [0, 0.1) is 0 Å². The van der Waals surface area contributed by atoms with E-state index in [-0.39, 0.29) is 47.2 Å². The number of carbonyl (C=O) groups excluding carboxylic acids is 4. The highest BCUT2D eigenvalue weighted by molar-refractivity contribution is 6.32. The van der Waals surface area contributed by atoms with Crippen LogP contribution in [0.1, 0.15) is 30.9 Å². The first-order chi connectivity index (χ1) is 15.4. The third kappa shape index (κ3) is 5.62. The van der Waals surface area contributed by atoms with Gasteiger partial charge in [0.15, 0.2) is 5.75 Å². The molecule has 166 valence electrons. The number of halogens is 1. The first kappa shape index (κ1) is 23.2. The quantitative estimate of drug-likeness (QED) is 0.366. The van der Waals surface area contributed by atoms with E-state index in [4.69, 9.17) is 25.8 Å². The van der Waals surface area contributed by atoms with Crippen molar-refractivity contribution in [2.24, 2.45) is 0 Å². The zero-order chi connectivity index (χ0) is 23.1. The molecule has 32 heavy (non-hydrogen) atoms.